The van der Waals surface area contributed by atoms with E-state index >= 15 is 0 Å². The number of carbonyl (C=O) groups excluding carboxylic acids is 2. The second kappa shape index (κ2) is 5.29. The maximum Gasteiger partial charge on any atom is 0.316 e. The van der Waals surface area contributed by atoms with Gasteiger partial charge in [0.15, 0.2) is 0 Å². The zero-order chi connectivity index (χ0) is 11.3. The predicted octanol–water partition coefficient (Wildman–Crippen LogP) is 1.61. The number of ether oxygens (including phenoxy) is 1. The van der Waals surface area contributed by atoms with Crippen LogP contribution in [0, 0.1) is 5.92 Å². The molecule has 0 aliphatic carbocycles. The summed E-state index contributed by atoms with van der Waals surface area (Å²) < 4.78 is 4.59. The first-order valence-corrected chi connectivity index (χ1v) is 4.77. The second-order valence-corrected chi connectivity index (χ2v) is 3.38. The fraction of sp³-hybridized carbons (Fsp3) is 0.333. The van der Waals surface area contributed by atoms with Gasteiger partial charge in [0, 0.05) is 0 Å². The lowest BCUT2D eigenvalue weighted by Gasteiger charge is -2.10. The van der Waals surface area contributed by atoms with E-state index in [1.54, 1.807) is 0 Å². The zero-order valence-electron chi connectivity index (χ0n) is 8.90. The Morgan fingerprint density at radius 1 is 1.27 bits per heavy atom. The summed E-state index contributed by atoms with van der Waals surface area (Å²) in [4.78, 5) is 22.6. The van der Waals surface area contributed by atoms with E-state index in [0.29, 0.717) is 6.42 Å². The van der Waals surface area contributed by atoms with Gasteiger partial charge in [0.05, 0.1) is 7.11 Å². The zero-order valence-corrected chi connectivity index (χ0v) is 8.90. The van der Waals surface area contributed by atoms with Crippen molar-refractivity contribution in [3.8, 4) is 0 Å². The number of hydrogen-bond donors (Lipinski definition) is 0. The summed E-state index contributed by atoms with van der Waals surface area (Å²) in [5, 5.41) is 0. The van der Waals surface area contributed by atoms with Crippen LogP contribution in [0.4, 0.5) is 0 Å². The van der Waals surface area contributed by atoms with Gasteiger partial charge in [-0.3, -0.25) is 9.59 Å². The van der Waals surface area contributed by atoms with Crippen molar-refractivity contribution in [1.82, 2.24) is 0 Å². The molecule has 1 aromatic carbocycles. The number of benzene rings is 1. The number of Topliss-reactive ketones (excluding diaryl/α,β-unsaturated/α-hetero) is 1. The van der Waals surface area contributed by atoms with E-state index in [1.165, 1.54) is 14.0 Å². The standard InChI is InChI=1S/C12H14O3/c1-9(13)11(12(14)15-2)8-10-6-4-3-5-7-10/h3-7,11H,8H2,1-2H3. The topological polar surface area (TPSA) is 43.4 Å². The third-order valence-electron chi connectivity index (χ3n) is 2.26. The third-order valence-corrected chi connectivity index (χ3v) is 2.26. The van der Waals surface area contributed by atoms with Crippen molar-refractivity contribution in [2.75, 3.05) is 7.11 Å². The van der Waals surface area contributed by atoms with Crippen molar-refractivity contribution in [3.05, 3.63) is 35.9 Å². The van der Waals surface area contributed by atoms with E-state index in [-0.39, 0.29) is 5.78 Å². The Morgan fingerprint density at radius 2 is 1.87 bits per heavy atom. The number of esters is 1. The van der Waals surface area contributed by atoms with Crippen LogP contribution in [0.5, 0.6) is 0 Å². The summed E-state index contributed by atoms with van der Waals surface area (Å²) in [6.45, 7) is 1.41. The average Bonchev–Trinajstić information content (AvgIpc) is 2.26. The van der Waals surface area contributed by atoms with Gasteiger partial charge in [0.25, 0.3) is 0 Å². The molecule has 0 fully saturated rings. The minimum atomic E-state index is -0.683. The molecule has 0 spiro atoms. The van der Waals surface area contributed by atoms with Gasteiger partial charge in [0.1, 0.15) is 11.7 Å². The molecule has 3 nitrogen and oxygen atoms in total. The molecule has 0 aromatic heterocycles. The predicted molar refractivity (Wildman–Crippen MR) is 56.3 cm³/mol. The molecular formula is C12H14O3. The van der Waals surface area contributed by atoms with Crippen molar-refractivity contribution < 1.29 is 14.3 Å². The van der Waals surface area contributed by atoms with Gasteiger partial charge < -0.3 is 4.74 Å². The summed E-state index contributed by atoms with van der Waals surface area (Å²) >= 11 is 0. The van der Waals surface area contributed by atoms with Crippen molar-refractivity contribution >= 4 is 11.8 Å². The molecule has 0 radical (unpaired) electrons. The Labute approximate surface area is 89.1 Å². The van der Waals surface area contributed by atoms with Gasteiger partial charge >= 0.3 is 5.97 Å². The van der Waals surface area contributed by atoms with Crippen LogP contribution in [0.2, 0.25) is 0 Å². The maximum absolute atomic E-state index is 11.3. The van der Waals surface area contributed by atoms with Gasteiger partial charge in [-0.1, -0.05) is 30.3 Å². The molecule has 1 unspecified atom stereocenters. The molecular weight excluding hydrogens is 192 g/mol. The average molecular weight is 206 g/mol. The largest absolute Gasteiger partial charge is 0.468 e. The molecule has 1 rings (SSSR count). The number of rotatable bonds is 4. The Morgan fingerprint density at radius 3 is 2.33 bits per heavy atom. The Bertz CT molecular complexity index is 343. The van der Waals surface area contributed by atoms with Crippen molar-refractivity contribution in [1.29, 1.82) is 0 Å². The fourth-order valence-electron chi connectivity index (χ4n) is 1.39. The van der Waals surface area contributed by atoms with Crippen molar-refractivity contribution in [2.24, 2.45) is 5.92 Å². The van der Waals surface area contributed by atoms with E-state index in [1.807, 2.05) is 30.3 Å². The van der Waals surface area contributed by atoms with Crippen LogP contribution in [0.1, 0.15) is 12.5 Å². The van der Waals surface area contributed by atoms with E-state index in [9.17, 15) is 9.59 Å². The second-order valence-electron chi connectivity index (χ2n) is 3.38. The Balaban J connectivity index is 2.76. The summed E-state index contributed by atoms with van der Waals surface area (Å²) in [6, 6.07) is 9.43. The minimum absolute atomic E-state index is 0.161. The van der Waals surface area contributed by atoms with Crippen LogP contribution in [0.15, 0.2) is 30.3 Å². The molecule has 0 heterocycles. The van der Waals surface area contributed by atoms with Gasteiger partial charge in [-0.05, 0) is 18.9 Å². The normalized spacial score (nSPS) is 11.9. The number of methoxy groups -OCH3 is 1. The highest BCUT2D eigenvalue weighted by Crippen LogP contribution is 2.11. The summed E-state index contributed by atoms with van der Waals surface area (Å²) in [5.41, 5.74) is 0.961. The first-order chi connectivity index (χ1) is 7.15. The molecule has 0 saturated carbocycles. The highest BCUT2D eigenvalue weighted by molar-refractivity contribution is 5.97. The highest BCUT2D eigenvalue weighted by Gasteiger charge is 2.24. The lowest BCUT2D eigenvalue weighted by Crippen LogP contribution is -2.25. The molecule has 0 saturated heterocycles. The van der Waals surface area contributed by atoms with Crippen molar-refractivity contribution in [3.63, 3.8) is 0 Å². The van der Waals surface area contributed by atoms with E-state index in [2.05, 4.69) is 4.74 Å². The first-order valence-electron chi connectivity index (χ1n) is 4.77. The molecule has 0 aliphatic rings. The van der Waals surface area contributed by atoms with Crippen molar-refractivity contribution in [2.45, 2.75) is 13.3 Å². The summed E-state index contributed by atoms with van der Waals surface area (Å²) in [6.07, 6.45) is 0.406. The molecule has 0 amide bonds. The minimum Gasteiger partial charge on any atom is -0.468 e. The molecule has 1 atom stereocenters. The smallest absolute Gasteiger partial charge is 0.316 e. The first kappa shape index (κ1) is 11.4. The van der Waals surface area contributed by atoms with Crippen LogP contribution in [-0.2, 0) is 20.7 Å². The molecule has 15 heavy (non-hydrogen) atoms. The molecule has 0 aliphatic heterocycles. The maximum atomic E-state index is 11.3. The fourth-order valence-corrected chi connectivity index (χ4v) is 1.39. The Hall–Kier alpha value is -1.64. The Kier molecular flexibility index (Phi) is 4.03. The molecule has 3 heteroatoms. The quantitative estimate of drug-likeness (QED) is 0.555. The van der Waals surface area contributed by atoms with Gasteiger partial charge in [0.2, 0.25) is 0 Å². The SMILES string of the molecule is COC(=O)C(Cc1ccccc1)C(C)=O. The molecule has 80 valence electrons. The highest BCUT2D eigenvalue weighted by atomic mass is 16.5. The number of hydrogen-bond acceptors (Lipinski definition) is 3. The monoisotopic (exact) mass is 206 g/mol. The van der Waals surface area contributed by atoms with Gasteiger partial charge in [-0.2, -0.15) is 0 Å². The third kappa shape index (κ3) is 3.20. The van der Waals surface area contributed by atoms with E-state index in [0.717, 1.165) is 5.56 Å². The van der Waals surface area contributed by atoms with Gasteiger partial charge in [-0.25, -0.2) is 0 Å². The van der Waals surface area contributed by atoms with Crippen LogP contribution in [-0.4, -0.2) is 18.9 Å². The summed E-state index contributed by atoms with van der Waals surface area (Å²) in [7, 11) is 1.29. The molecule has 0 N–H and O–H groups in total. The number of ketones is 1. The molecule has 1 aromatic rings. The lowest BCUT2D eigenvalue weighted by atomic mass is 9.96. The number of carbonyl (C=O) groups is 2. The van der Waals surface area contributed by atoms with Crippen LogP contribution in [0.3, 0.4) is 0 Å². The summed E-state index contributed by atoms with van der Waals surface area (Å²) in [5.74, 6) is -1.31. The van der Waals surface area contributed by atoms with Crippen LogP contribution >= 0.6 is 0 Å². The lowest BCUT2D eigenvalue weighted by molar-refractivity contribution is -0.148. The van der Waals surface area contributed by atoms with E-state index in [4.69, 9.17) is 0 Å². The van der Waals surface area contributed by atoms with Gasteiger partial charge in [-0.15, -0.1) is 0 Å². The molecule has 0 bridgehead atoms. The van der Waals surface area contributed by atoms with Crippen LogP contribution < -0.4 is 0 Å². The van der Waals surface area contributed by atoms with E-state index < -0.39 is 11.9 Å². The van der Waals surface area contributed by atoms with Crippen LogP contribution in [0.25, 0.3) is 0 Å².